The summed E-state index contributed by atoms with van der Waals surface area (Å²) in [7, 11) is 0. The standard InChI is InChI=1S/C19H23N5O2.ClH/c25-18(15-6-10-21-11-7-15)23-16-2-1-3-17(12-16)24-19(26)22-13-14-4-8-20-9-5-14;/h1-5,8-9,12,15,21H,6-7,10-11,13H2,(H,23,25)(H2,22,24,26);1H. The minimum absolute atomic E-state index is 0. The van der Waals surface area contributed by atoms with Crippen molar-refractivity contribution in [3.05, 3.63) is 54.4 Å². The van der Waals surface area contributed by atoms with Gasteiger partial charge in [-0.05, 0) is 61.8 Å². The third-order valence-corrected chi connectivity index (χ3v) is 4.30. The highest BCUT2D eigenvalue weighted by molar-refractivity contribution is 5.94. The van der Waals surface area contributed by atoms with E-state index in [1.165, 1.54) is 0 Å². The van der Waals surface area contributed by atoms with Crippen LogP contribution in [0.15, 0.2) is 48.8 Å². The van der Waals surface area contributed by atoms with E-state index in [0.717, 1.165) is 31.5 Å². The van der Waals surface area contributed by atoms with Gasteiger partial charge >= 0.3 is 6.03 Å². The molecule has 3 amide bonds. The quantitative estimate of drug-likeness (QED) is 0.632. The van der Waals surface area contributed by atoms with Gasteiger partial charge in [-0.3, -0.25) is 9.78 Å². The Balaban J connectivity index is 0.00000261. The third-order valence-electron chi connectivity index (χ3n) is 4.30. The number of piperidine rings is 1. The van der Waals surface area contributed by atoms with Gasteiger partial charge in [-0.25, -0.2) is 4.79 Å². The summed E-state index contributed by atoms with van der Waals surface area (Å²) in [5.74, 6) is 0.0716. The lowest BCUT2D eigenvalue weighted by molar-refractivity contribution is -0.120. The molecule has 1 aromatic heterocycles. The minimum atomic E-state index is -0.302. The number of anilines is 2. The van der Waals surface area contributed by atoms with Crippen LogP contribution in [-0.2, 0) is 11.3 Å². The Morgan fingerprint density at radius 1 is 1.04 bits per heavy atom. The number of urea groups is 1. The number of nitrogens with zero attached hydrogens (tertiary/aromatic N) is 1. The Labute approximate surface area is 164 Å². The Morgan fingerprint density at radius 3 is 2.41 bits per heavy atom. The van der Waals surface area contributed by atoms with E-state index in [-0.39, 0.29) is 30.3 Å². The first-order valence-electron chi connectivity index (χ1n) is 8.76. The van der Waals surface area contributed by atoms with Crippen molar-refractivity contribution >= 4 is 35.7 Å². The molecule has 4 N–H and O–H groups in total. The number of aromatic nitrogens is 1. The van der Waals surface area contributed by atoms with Crippen molar-refractivity contribution in [2.24, 2.45) is 5.92 Å². The van der Waals surface area contributed by atoms with Gasteiger partial charge in [0.2, 0.25) is 5.91 Å². The number of pyridine rings is 1. The molecule has 3 rings (SSSR count). The molecule has 1 saturated heterocycles. The van der Waals surface area contributed by atoms with E-state index in [1.54, 1.807) is 30.6 Å². The maximum absolute atomic E-state index is 12.3. The van der Waals surface area contributed by atoms with Gasteiger partial charge in [-0.2, -0.15) is 0 Å². The molecule has 1 aromatic carbocycles. The van der Waals surface area contributed by atoms with Gasteiger partial charge in [0.25, 0.3) is 0 Å². The first-order chi connectivity index (χ1) is 12.7. The average molecular weight is 390 g/mol. The lowest BCUT2D eigenvalue weighted by Gasteiger charge is -2.21. The fraction of sp³-hybridized carbons (Fsp3) is 0.316. The predicted octanol–water partition coefficient (Wildman–Crippen LogP) is 2.76. The van der Waals surface area contributed by atoms with E-state index in [2.05, 4.69) is 26.3 Å². The van der Waals surface area contributed by atoms with E-state index in [0.29, 0.717) is 17.9 Å². The number of rotatable bonds is 5. The lowest BCUT2D eigenvalue weighted by atomic mass is 9.97. The van der Waals surface area contributed by atoms with E-state index in [1.807, 2.05) is 18.2 Å². The molecule has 0 radical (unpaired) electrons. The Kier molecular flexibility index (Phi) is 8.03. The van der Waals surface area contributed by atoms with Gasteiger partial charge in [-0.15, -0.1) is 12.4 Å². The highest BCUT2D eigenvalue weighted by Crippen LogP contribution is 2.18. The van der Waals surface area contributed by atoms with Crippen molar-refractivity contribution in [1.29, 1.82) is 0 Å². The van der Waals surface area contributed by atoms with E-state index >= 15 is 0 Å². The van der Waals surface area contributed by atoms with Crippen molar-refractivity contribution in [3.8, 4) is 0 Å². The van der Waals surface area contributed by atoms with Crippen LogP contribution in [-0.4, -0.2) is 30.0 Å². The topological polar surface area (TPSA) is 95.2 Å². The average Bonchev–Trinajstić information content (AvgIpc) is 2.68. The van der Waals surface area contributed by atoms with Crippen LogP contribution in [0.2, 0.25) is 0 Å². The molecule has 0 atom stereocenters. The monoisotopic (exact) mass is 389 g/mol. The zero-order chi connectivity index (χ0) is 18.2. The molecule has 0 aliphatic carbocycles. The Hall–Kier alpha value is -2.64. The summed E-state index contributed by atoms with van der Waals surface area (Å²) in [4.78, 5) is 28.3. The molecule has 1 fully saturated rings. The van der Waals surface area contributed by atoms with Crippen LogP contribution in [0.25, 0.3) is 0 Å². The van der Waals surface area contributed by atoms with Crippen molar-refractivity contribution in [2.75, 3.05) is 23.7 Å². The van der Waals surface area contributed by atoms with E-state index < -0.39 is 0 Å². The van der Waals surface area contributed by atoms with Crippen molar-refractivity contribution in [2.45, 2.75) is 19.4 Å². The van der Waals surface area contributed by atoms with Crippen LogP contribution < -0.4 is 21.3 Å². The summed E-state index contributed by atoms with van der Waals surface area (Å²) >= 11 is 0. The third kappa shape index (κ3) is 6.54. The van der Waals surface area contributed by atoms with Gasteiger partial charge < -0.3 is 21.3 Å². The summed E-state index contributed by atoms with van der Waals surface area (Å²) in [5.41, 5.74) is 2.28. The zero-order valence-electron chi connectivity index (χ0n) is 14.9. The van der Waals surface area contributed by atoms with Gasteiger partial charge in [-0.1, -0.05) is 6.07 Å². The molecule has 8 heteroatoms. The first kappa shape index (κ1) is 20.7. The largest absolute Gasteiger partial charge is 0.334 e. The van der Waals surface area contributed by atoms with Crippen molar-refractivity contribution in [1.82, 2.24) is 15.6 Å². The molecule has 144 valence electrons. The second kappa shape index (κ2) is 10.5. The number of nitrogens with one attached hydrogen (secondary N) is 4. The highest BCUT2D eigenvalue weighted by Gasteiger charge is 2.20. The number of amides is 3. The van der Waals surface area contributed by atoms with Crippen LogP contribution in [0.1, 0.15) is 18.4 Å². The number of hydrogen-bond acceptors (Lipinski definition) is 4. The Bertz CT molecular complexity index is 751. The molecule has 0 bridgehead atoms. The second-order valence-electron chi connectivity index (χ2n) is 6.26. The number of halogens is 1. The molecule has 27 heavy (non-hydrogen) atoms. The molecule has 7 nitrogen and oxygen atoms in total. The molecule has 2 aromatic rings. The van der Waals surface area contributed by atoms with Gasteiger partial charge in [0.1, 0.15) is 0 Å². The first-order valence-corrected chi connectivity index (χ1v) is 8.76. The number of carbonyl (C=O) groups excluding carboxylic acids is 2. The van der Waals surface area contributed by atoms with E-state index in [4.69, 9.17) is 0 Å². The summed E-state index contributed by atoms with van der Waals surface area (Å²) < 4.78 is 0. The molecule has 1 aliphatic rings. The molecule has 0 saturated carbocycles. The fourth-order valence-corrected chi connectivity index (χ4v) is 2.86. The molecule has 0 spiro atoms. The van der Waals surface area contributed by atoms with Gasteiger partial charge in [0, 0.05) is 36.2 Å². The summed E-state index contributed by atoms with van der Waals surface area (Å²) in [6, 6.07) is 10.5. The molecule has 1 aliphatic heterocycles. The highest BCUT2D eigenvalue weighted by atomic mass is 35.5. The number of carbonyl (C=O) groups is 2. The van der Waals surface area contributed by atoms with Crippen molar-refractivity contribution < 1.29 is 9.59 Å². The van der Waals surface area contributed by atoms with Gasteiger partial charge in [0.05, 0.1) is 0 Å². The molecule has 2 heterocycles. The summed E-state index contributed by atoms with van der Waals surface area (Å²) in [5, 5.41) is 11.8. The molecule has 0 unspecified atom stereocenters. The zero-order valence-corrected chi connectivity index (χ0v) is 15.7. The van der Waals surface area contributed by atoms with Crippen LogP contribution in [0, 0.1) is 5.92 Å². The molecular weight excluding hydrogens is 366 g/mol. The normalized spacial score (nSPS) is 13.9. The predicted molar refractivity (Wildman–Crippen MR) is 108 cm³/mol. The maximum Gasteiger partial charge on any atom is 0.319 e. The second-order valence-corrected chi connectivity index (χ2v) is 6.26. The number of hydrogen-bond donors (Lipinski definition) is 4. The van der Waals surface area contributed by atoms with Crippen LogP contribution in [0.5, 0.6) is 0 Å². The maximum atomic E-state index is 12.3. The van der Waals surface area contributed by atoms with Crippen LogP contribution in [0.4, 0.5) is 16.2 Å². The van der Waals surface area contributed by atoms with Gasteiger partial charge in [0.15, 0.2) is 0 Å². The fourth-order valence-electron chi connectivity index (χ4n) is 2.86. The summed E-state index contributed by atoms with van der Waals surface area (Å²) in [6.07, 6.45) is 5.06. The van der Waals surface area contributed by atoms with Crippen LogP contribution in [0.3, 0.4) is 0 Å². The smallest absolute Gasteiger partial charge is 0.319 e. The van der Waals surface area contributed by atoms with E-state index in [9.17, 15) is 9.59 Å². The Morgan fingerprint density at radius 2 is 1.70 bits per heavy atom. The molecular formula is C19H24ClN5O2. The van der Waals surface area contributed by atoms with Crippen molar-refractivity contribution in [3.63, 3.8) is 0 Å². The lowest BCUT2D eigenvalue weighted by Crippen LogP contribution is -2.34. The SMILES string of the molecule is Cl.O=C(NCc1ccncc1)Nc1cccc(NC(=O)C2CCNCC2)c1. The van der Waals surface area contributed by atoms with Crippen LogP contribution >= 0.6 is 12.4 Å². The number of benzene rings is 1. The minimum Gasteiger partial charge on any atom is -0.334 e. The summed E-state index contributed by atoms with van der Waals surface area (Å²) in [6.45, 7) is 2.16.